The van der Waals surface area contributed by atoms with Crippen molar-refractivity contribution in [2.75, 3.05) is 0 Å². The maximum absolute atomic E-state index is 12.2. The fraction of sp³-hybridized carbons (Fsp3) is 0.167. The van der Waals surface area contributed by atoms with E-state index in [0.29, 0.717) is 5.56 Å². The Morgan fingerprint density at radius 2 is 2.19 bits per heavy atom. The molecule has 0 radical (unpaired) electrons. The van der Waals surface area contributed by atoms with Crippen LogP contribution in [0.15, 0.2) is 33.1 Å². The van der Waals surface area contributed by atoms with Gasteiger partial charge in [0.2, 0.25) is 10.0 Å². The normalized spacial score (nSPS) is 11.5. The molecular weight excluding hydrogens is 380 g/mol. The minimum Gasteiger partial charge on any atom is -0.477 e. The standard InChI is InChI=1S/C12H11BrN2O4S2/c1-7-2-3-8(5-14-7)6-15-21(18,19)10-4-9(12(16)17)20-11(10)13/h2-5,15H,6H2,1H3,(H,16,17). The molecule has 112 valence electrons. The summed E-state index contributed by atoms with van der Waals surface area (Å²) in [5.74, 6) is -1.16. The van der Waals surface area contributed by atoms with E-state index in [1.807, 2.05) is 6.92 Å². The summed E-state index contributed by atoms with van der Waals surface area (Å²) in [4.78, 5) is 14.8. The Hall–Kier alpha value is -1.29. The van der Waals surface area contributed by atoms with Crippen molar-refractivity contribution in [3.8, 4) is 0 Å². The predicted molar refractivity (Wildman–Crippen MR) is 82.0 cm³/mol. The third kappa shape index (κ3) is 3.88. The minimum absolute atomic E-state index is 0.0424. The van der Waals surface area contributed by atoms with E-state index >= 15 is 0 Å². The maximum Gasteiger partial charge on any atom is 0.345 e. The lowest BCUT2D eigenvalue weighted by atomic mass is 10.2. The maximum atomic E-state index is 12.2. The minimum atomic E-state index is -3.79. The van der Waals surface area contributed by atoms with Gasteiger partial charge in [0.1, 0.15) is 9.77 Å². The Morgan fingerprint density at radius 3 is 2.71 bits per heavy atom. The van der Waals surface area contributed by atoms with Crippen molar-refractivity contribution in [1.82, 2.24) is 9.71 Å². The molecule has 0 aliphatic carbocycles. The van der Waals surface area contributed by atoms with Gasteiger partial charge in [0, 0.05) is 18.4 Å². The van der Waals surface area contributed by atoms with Crippen LogP contribution in [0.25, 0.3) is 0 Å². The first-order chi connectivity index (χ1) is 9.79. The molecule has 2 heterocycles. The van der Waals surface area contributed by atoms with Gasteiger partial charge in [-0.15, -0.1) is 11.3 Å². The molecule has 21 heavy (non-hydrogen) atoms. The topological polar surface area (TPSA) is 96.4 Å². The molecule has 0 aliphatic rings. The molecule has 2 N–H and O–H groups in total. The molecule has 0 atom stereocenters. The summed E-state index contributed by atoms with van der Waals surface area (Å²) in [5.41, 5.74) is 1.56. The Kier molecular flexibility index (Phi) is 4.77. The van der Waals surface area contributed by atoms with Crippen molar-refractivity contribution in [2.24, 2.45) is 0 Å². The highest BCUT2D eigenvalue weighted by Gasteiger charge is 2.22. The molecule has 0 bridgehead atoms. The van der Waals surface area contributed by atoms with E-state index in [1.165, 1.54) is 0 Å². The van der Waals surface area contributed by atoms with Gasteiger partial charge in [0.15, 0.2) is 0 Å². The number of carboxylic acids is 1. The van der Waals surface area contributed by atoms with E-state index in [0.717, 1.165) is 23.1 Å². The van der Waals surface area contributed by atoms with Crippen LogP contribution in [0.2, 0.25) is 0 Å². The number of carboxylic acid groups (broad SMARTS) is 1. The average Bonchev–Trinajstić information content (AvgIpc) is 2.81. The first-order valence-corrected chi connectivity index (χ1v) is 8.82. The second kappa shape index (κ2) is 6.22. The zero-order valence-corrected chi connectivity index (χ0v) is 14.0. The summed E-state index contributed by atoms with van der Waals surface area (Å²) < 4.78 is 27.0. The molecular formula is C12H11BrN2O4S2. The highest BCUT2D eigenvalue weighted by atomic mass is 79.9. The first kappa shape index (κ1) is 16.1. The number of rotatable bonds is 5. The van der Waals surface area contributed by atoms with Gasteiger partial charge in [-0.1, -0.05) is 6.07 Å². The number of sulfonamides is 1. The van der Waals surface area contributed by atoms with Gasteiger partial charge >= 0.3 is 5.97 Å². The Balaban J connectivity index is 2.18. The van der Waals surface area contributed by atoms with E-state index in [9.17, 15) is 13.2 Å². The first-order valence-electron chi connectivity index (χ1n) is 5.73. The molecule has 0 fully saturated rings. The van der Waals surface area contributed by atoms with Crippen molar-refractivity contribution in [2.45, 2.75) is 18.4 Å². The van der Waals surface area contributed by atoms with Crippen molar-refractivity contribution >= 4 is 43.3 Å². The van der Waals surface area contributed by atoms with Gasteiger partial charge in [0.05, 0.1) is 3.79 Å². The fourth-order valence-corrected chi connectivity index (χ4v) is 4.92. The molecule has 0 unspecified atom stereocenters. The molecule has 9 heteroatoms. The predicted octanol–water partition coefficient (Wildman–Crippen LogP) is 2.39. The number of carbonyl (C=O) groups is 1. The third-order valence-electron chi connectivity index (χ3n) is 2.59. The number of aromatic carboxylic acids is 1. The monoisotopic (exact) mass is 390 g/mol. The van der Waals surface area contributed by atoms with Crippen LogP contribution < -0.4 is 4.72 Å². The lowest BCUT2D eigenvalue weighted by molar-refractivity contribution is 0.0702. The number of aromatic nitrogens is 1. The summed E-state index contributed by atoms with van der Waals surface area (Å²) >= 11 is 3.94. The molecule has 0 spiro atoms. The van der Waals surface area contributed by atoms with Gasteiger partial charge < -0.3 is 5.11 Å². The number of halogens is 1. The second-order valence-corrected chi connectivity index (χ2v) is 8.29. The molecule has 0 saturated heterocycles. The number of thiophene rings is 1. The average molecular weight is 391 g/mol. The summed E-state index contributed by atoms with van der Waals surface area (Å²) in [6, 6.07) is 4.69. The van der Waals surface area contributed by atoms with E-state index in [1.54, 1.807) is 18.3 Å². The smallest absolute Gasteiger partial charge is 0.345 e. The van der Waals surface area contributed by atoms with Crippen LogP contribution in [0.4, 0.5) is 0 Å². The molecule has 6 nitrogen and oxygen atoms in total. The summed E-state index contributed by atoms with van der Waals surface area (Å²) in [5, 5.41) is 8.89. The van der Waals surface area contributed by atoms with Crippen molar-refractivity contribution in [3.05, 3.63) is 44.3 Å². The quantitative estimate of drug-likeness (QED) is 0.816. The Bertz CT molecular complexity index is 769. The van der Waals surface area contributed by atoms with E-state index in [4.69, 9.17) is 5.11 Å². The van der Waals surface area contributed by atoms with E-state index in [2.05, 4.69) is 25.6 Å². The summed E-state index contributed by atoms with van der Waals surface area (Å²) in [6.45, 7) is 1.92. The number of hydrogen-bond donors (Lipinski definition) is 2. The highest BCUT2D eigenvalue weighted by molar-refractivity contribution is 9.11. The third-order valence-corrected chi connectivity index (χ3v) is 6.24. The van der Waals surface area contributed by atoms with Crippen LogP contribution in [0, 0.1) is 6.92 Å². The second-order valence-electron chi connectivity index (χ2n) is 4.19. The van der Waals surface area contributed by atoms with Gasteiger partial charge in [0.25, 0.3) is 0 Å². The van der Waals surface area contributed by atoms with Crippen LogP contribution in [-0.4, -0.2) is 24.5 Å². The number of nitrogens with zero attached hydrogens (tertiary/aromatic N) is 1. The number of aryl methyl sites for hydroxylation is 1. The van der Waals surface area contributed by atoms with Gasteiger partial charge in [-0.2, -0.15) is 0 Å². The zero-order valence-electron chi connectivity index (χ0n) is 10.8. The summed E-state index contributed by atoms with van der Waals surface area (Å²) in [6.07, 6.45) is 1.59. The number of nitrogens with one attached hydrogen (secondary N) is 1. The SMILES string of the molecule is Cc1ccc(CNS(=O)(=O)c2cc(C(=O)O)sc2Br)cn1. The fourth-order valence-electron chi connectivity index (χ4n) is 1.50. The zero-order chi connectivity index (χ0) is 15.6. The molecule has 0 aliphatic heterocycles. The number of hydrogen-bond acceptors (Lipinski definition) is 5. The van der Waals surface area contributed by atoms with Crippen LogP contribution in [0.5, 0.6) is 0 Å². The van der Waals surface area contributed by atoms with Crippen molar-refractivity contribution < 1.29 is 18.3 Å². The van der Waals surface area contributed by atoms with E-state index in [-0.39, 0.29) is 20.1 Å². The van der Waals surface area contributed by atoms with Crippen molar-refractivity contribution in [3.63, 3.8) is 0 Å². The molecule has 2 rings (SSSR count). The highest BCUT2D eigenvalue weighted by Crippen LogP contribution is 2.31. The Labute approximate surface area is 134 Å². The summed E-state index contributed by atoms with van der Waals surface area (Å²) in [7, 11) is -3.79. The van der Waals surface area contributed by atoms with Crippen LogP contribution >= 0.6 is 27.3 Å². The van der Waals surface area contributed by atoms with Crippen LogP contribution in [0.1, 0.15) is 20.9 Å². The van der Waals surface area contributed by atoms with Gasteiger partial charge in [-0.25, -0.2) is 17.9 Å². The molecule has 2 aromatic heterocycles. The Morgan fingerprint density at radius 1 is 1.48 bits per heavy atom. The number of pyridine rings is 1. The van der Waals surface area contributed by atoms with Gasteiger partial charge in [-0.05, 0) is 40.5 Å². The molecule has 0 amide bonds. The molecule has 0 aromatic carbocycles. The molecule has 0 saturated carbocycles. The van der Waals surface area contributed by atoms with Crippen LogP contribution in [-0.2, 0) is 16.6 Å². The lowest BCUT2D eigenvalue weighted by Crippen LogP contribution is -2.23. The van der Waals surface area contributed by atoms with E-state index < -0.39 is 16.0 Å². The largest absolute Gasteiger partial charge is 0.477 e. The lowest BCUT2D eigenvalue weighted by Gasteiger charge is -2.05. The van der Waals surface area contributed by atoms with Gasteiger partial charge in [-0.3, -0.25) is 4.98 Å². The van der Waals surface area contributed by atoms with Crippen molar-refractivity contribution in [1.29, 1.82) is 0 Å². The van der Waals surface area contributed by atoms with Crippen LogP contribution in [0.3, 0.4) is 0 Å². The molecule has 2 aromatic rings.